The molecule has 0 nitrogen and oxygen atoms in total. The number of hydrogen-bond acceptors (Lipinski definition) is 0. The summed E-state index contributed by atoms with van der Waals surface area (Å²) in [6, 6.07) is 28.5. The molecule has 4 aromatic rings. The second kappa shape index (κ2) is 10.3. The minimum Gasteiger partial charge on any atom is -0.215 e. The third kappa shape index (κ3) is 4.61. The summed E-state index contributed by atoms with van der Waals surface area (Å²) in [5, 5.41) is 0. The number of rotatable bonds is 4. The molecule has 4 aromatic carbocycles. The molecule has 2 heteroatoms. The molecule has 0 radical (unpaired) electrons. The van der Waals surface area contributed by atoms with E-state index in [1.807, 2.05) is 0 Å². The van der Waals surface area contributed by atoms with Crippen molar-refractivity contribution in [3.05, 3.63) is 117 Å². The van der Waals surface area contributed by atoms with Crippen LogP contribution in [-0.4, -0.2) is 13.1 Å². The van der Waals surface area contributed by atoms with Gasteiger partial charge in [0.05, 0.1) is 0 Å². The van der Waals surface area contributed by atoms with Gasteiger partial charge >= 0.3 is 18.9 Å². The zero-order chi connectivity index (χ0) is 23.9. The topological polar surface area (TPSA) is 0 Å². The molecule has 168 valence electrons. The predicted octanol–water partition coefficient (Wildman–Crippen LogP) is 2.54. The van der Waals surface area contributed by atoms with Gasteiger partial charge in [0, 0.05) is 0 Å². The fourth-order valence-electron chi connectivity index (χ4n) is 6.25. The Hall–Kier alpha value is -1.99. The molecule has 0 spiro atoms. The molecule has 0 N–H and O–H groups in total. The van der Waals surface area contributed by atoms with E-state index >= 15 is 0 Å². The fraction of sp³-hybridized carbons (Fsp3) is 0.250. The average molecular weight is 455 g/mol. The molecule has 0 aliphatic carbocycles. The molecule has 0 atom stereocenters. The summed E-state index contributed by atoms with van der Waals surface area (Å²) >= 11 is -3.00. The van der Waals surface area contributed by atoms with Crippen LogP contribution < -0.4 is 36.6 Å². The molecule has 0 aromatic heterocycles. The van der Waals surface area contributed by atoms with E-state index in [2.05, 4.69) is 128 Å². The van der Waals surface area contributed by atoms with Crippen LogP contribution in [0.15, 0.2) is 72.8 Å². The van der Waals surface area contributed by atoms with Crippen molar-refractivity contribution >= 4 is 30.8 Å². The molecule has 0 heterocycles. The Labute approximate surface area is 221 Å². The first kappa shape index (κ1) is 26.6. The third-order valence-electron chi connectivity index (χ3n) is 7.57. The molecular formula is C32H36AlLi. The quantitative estimate of drug-likeness (QED) is 0.416. The van der Waals surface area contributed by atoms with Crippen molar-refractivity contribution in [2.45, 2.75) is 55.4 Å². The molecule has 4 rings (SSSR count). The average Bonchev–Trinajstić information content (AvgIpc) is 2.72. The minimum atomic E-state index is -3.00. The molecule has 0 aliphatic heterocycles. The van der Waals surface area contributed by atoms with Gasteiger partial charge in [-0.1, -0.05) is 93.0 Å². The zero-order valence-corrected chi connectivity index (χ0v) is 23.7. The Bertz CT molecular complexity index is 1140. The first-order valence-electron chi connectivity index (χ1n) is 12.1. The molecule has 0 bridgehead atoms. The number of hydrogen-bond donors (Lipinski definition) is 0. The Kier molecular flexibility index (Phi) is 8.08. The van der Waals surface area contributed by atoms with Crippen LogP contribution in [0.25, 0.3) is 0 Å². The summed E-state index contributed by atoms with van der Waals surface area (Å²) in [7, 11) is 0. The van der Waals surface area contributed by atoms with E-state index in [1.54, 1.807) is 0 Å². The normalized spacial score (nSPS) is 11.3. The Morgan fingerprint density at radius 1 is 0.353 bits per heavy atom. The van der Waals surface area contributed by atoms with Crippen molar-refractivity contribution < 1.29 is 18.9 Å². The summed E-state index contributed by atoms with van der Waals surface area (Å²) in [5.41, 5.74) is 10.9. The summed E-state index contributed by atoms with van der Waals surface area (Å²) in [6.07, 6.45) is 0. The van der Waals surface area contributed by atoms with Crippen LogP contribution >= 0.6 is 0 Å². The SMILES string of the molecule is Cc1cc[c]([Al-]([c]2ccc(C)cc2C)([c]2ccc(C)cc2C)[c]2ccc(C)cc2C)c(C)c1.[Li+]. The van der Waals surface area contributed by atoms with Gasteiger partial charge in [-0.05, 0) is 55.4 Å². The first-order valence-corrected chi connectivity index (χ1v) is 14.4. The predicted molar refractivity (Wildman–Crippen MR) is 148 cm³/mol. The molecule has 0 aliphatic rings. The van der Waals surface area contributed by atoms with Gasteiger partial charge in [0.1, 0.15) is 0 Å². The zero-order valence-electron chi connectivity index (χ0n) is 22.5. The van der Waals surface area contributed by atoms with Crippen molar-refractivity contribution in [1.82, 2.24) is 0 Å². The second-order valence-electron chi connectivity index (χ2n) is 10.3. The van der Waals surface area contributed by atoms with Crippen LogP contribution in [0.2, 0.25) is 0 Å². The van der Waals surface area contributed by atoms with Crippen molar-refractivity contribution in [2.24, 2.45) is 0 Å². The van der Waals surface area contributed by atoms with E-state index in [0.717, 1.165) is 0 Å². The maximum absolute atomic E-state index is 3.00. The van der Waals surface area contributed by atoms with Crippen LogP contribution in [0.5, 0.6) is 0 Å². The van der Waals surface area contributed by atoms with Gasteiger partial charge in [-0.15, -0.1) is 24.3 Å². The van der Waals surface area contributed by atoms with Crippen molar-refractivity contribution in [1.29, 1.82) is 0 Å². The number of aryl methyl sites for hydroxylation is 8. The van der Waals surface area contributed by atoms with Gasteiger partial charge < -0.3 is 0 Å². The molecular weight excluding hydrogens is 418 g/mol. The van der Waals surface area contributed by atoms with Crippen LogP contribution in [0, 0.1) is 55.4 Å². The van der Waals surface area contributed by atoms with E-state index in [0.29, 0.717) is 0 Å². The summed E-state index contributed by atoms with van der Waals surface area (Å²) in [6.45, 7) is 18.1. The molecule has 0 saturated heterocycles. The molecule has 34 heavy (non-hydrogen) atoms. The van der Waals surface area contributed by atoms with Gasteiger partial charge in [0.15, 0.2) is 0 Å². The van der Waals surface area contributed by atoms with E-state index in [-0.39, 0.29) is 18.9 Å². The second-order valence-corrected chi connectivity index (χ2v) is 14.5. The van der Waals surface area contributed by atoms with Crippen molar-refractivity contribution in [3.63, 3.8) is 0 Å². The molecule has 0 unspecified atom stereocenters. The van der Waals surface area contributed by atoms with Gasteiger partial charge in [-0.25, -0.2) is 17.7 Å². The standard InChI is InChI=1S/4C8H9.Al.Li/c4*1-7-4-3-5-8(2)6-7;;/h4*3-4,6H,1-2H3;;/q;;;;-1;+1. The van der Waals surface area contributed by atoms with E-state index < -0.39 is 13.1 Å². The maximum atomic E-state index is 2.44. The summed E-state index contributed by atoms with van der Waals surface area (Å²) < 4.78 is 6.11. The van der Waals surface area contributed by atoms with Crippen molar-refractivity contribution in [3.8, 4) is 0 Å². The van der Waals surface area contributed by atoms with Gasteiger partial charge in [0.25, 0.3) is 13.1 Å². The monoisotopic (exact) mass is 454 g/mol. The van der Waals surface area contributed by atoms with Gasteiger partial charge in [0.2, 0.25) is 0 Å². The van der Waals surface area contributed by atoms with Crippen LogP contribution in [0.4, 0.5) is 0 Å². The van der Waals surface area contributed by atoms with Crippen LogP contribution in [0.1, 0.15) is 44.5 Å². The fourth-order valence-corrected chi connectivity index (χ4v) is 12.9. The molecule has 0 fully saturated rings. The maximum Gasteiger partial charge on any atom is 1.00 e. The number of benzene rings is 4. The smallest absolute Gasteiger partial charge is 0.215 e. The van der Waals surface area contributed by atoms with Crippen LogP contribution in [0.3, 0.4) is 0 Å². The summed E-state index contributed by atoms with van der Waals surface area (Å²) in [5.74, 6) is 0. The Morgan fingerprint density at radius 3 is 0.735 bits per heavy atom. The van der Waals surface area contributed by atoms with E-state index in [4.69, 9.17) is 0 Å². The third-order valence-corrected chi connectivity index (χ3v) is 13.9. The summed E-state index contributed by atoms with van der Waals surface area (Å²) in [4.78, 5) is 0. The Balaban J connectivity index is 0.00000324. The van der Waals surface area contributed by atoms with E-state index in [9.17, 15) is 0 Å². The first-order chi connectivity index (χ1) is 15.6. The van der Waals surface area contributed by atoms with Gasteiger partial charge in [-0.2, -0.15) is 0 Å². The van der Waals surface area contributed by atoms with Crippen LogP contribution in [-0.2, 0) is 0 Å². The van der Waals surface area contributed by atoms with E-state index in [1.165, 1.54) is 62.2 Å². The Morgan fingerprint density at radius 2 is 0.559 bits per heavy atom. The molecule has 0 saturated carbocycles. The molecule has 0 amide bonds. The largest absolute Gasteiger partial charge is 1.00 e. The van der Waals surface area contributed by atoms with Gasteiger partial charge in [-0.3, -0.25) is 0 Å². The van der Waals surface area contributed by atoms with Crippen molar-refractivity contribution in [2.75, 3.05) is 0 Å². The minimum absolute atomic E-state index is 0.